The van der Waals surface area contributed by atoms with Gasteiger partial charge >= 0.3 is 0 Å². The van der Waals surface area contributed by atoms with Crippen LogP contribution in [0, 0.1) is 0 Å². The number of anilines is 1. The minimum atomic E-state index is 0.144. The summed E-state index contributed by atoms with van der Waals surface area (Å²) in [4.78, 5) is 2.29. The lowest BCUT2D eigenvalue weighted by molar-refractivity contribution is 0.288. The molecule has 0 radical (unpaired) electrons. The van der Waals surface area contributed by atoms with Gasteiger partial charge in [-0.15, -0.1) is 0 Å². The van der Waals surface area contributed by atoms with Gasteiger partial charge in [-0.25, -0.2) is 0 Å². The maximum atomic E-state index is 9.17. The number of hydrogen-bond donors (Lipinski definition) is 1. The molecule has 6 heteroatoms. The summed E-state index contributed by atoms with van der Waals surface area (Å²) < 4.78 is 11.5. The summed E-state index contributed by atoms with van der Waals surface area (Å²) in [6, 6.07) is 20.3. The van der Waals surface area contributed by atoms with Crippen LogP contribution >= 0.6 is 27.5 Å². The molecule has 0 saturated heterocycles. The van der Waals surface area contributed by atoms with Crippen molar-refractivity contribution in [1.82, 2.24) is 0 Å². The summed E-state index contributed by atoms with van der Waals surface area (Å²) in [5.41, 5.74) is 4.39. The standard InChI is InChI=1S/C25H27BrClNO3/c1-30-21-9-5-18(6-10-21)16-28(17-19-7-11-22(31-2)12-8-19)20-14-24(26)23(4-3-13-29)25(27)15-20/h5-12,14-15,29H,3-4,13,16-17H2,1-2H3. The van der Waals surface area contributed by atoms with Gasteiger partial charge in [-0.1, -0.05) is 51.8 Å². The summed E-state index contributed by atoms with van der Waals surface area (Å²) >= 11 is 10.3. The normalized spacial score (nSPS) is 10.7. The lowest BCUT2D eigenvalue weighted by Crippen LogP contribution is -2.22. The van der Waals surface area contributed by atoms with Crippen molar-refractivity contribution in [3.05, 3.63) is 86.8 Å². The molecule has 0 fully saturated rings. The minimum Gasteiger partial charge on any atom is -0.497 e. The van der Waals surface area contributed by atoms with Gasteiger partial charge in [-0.2, -0.15) is 0 Å². The predicted molar refractivity (Wildman–Crippen MR) is 130 cm³/mol. The van der Waals surface area contributed by atoms with Gasteiger partial charge in [0.15, 0.2) is 0 Å². The quantitative estimate of drug-likeness (QED) is 0.354. The third kappa shape index (κ3) is 6.39. The maximum absolute atomic E-state index is 9.17. The SMILES string of the molecule is COc1ccc(CN(Cc2ccc(OC)cc2)c2cc(Cl)c(CCCO)c(Br)c2)cc1. The highest BCUT2D eigenvalue weighted by atomic mass is 79.9. The zero-order valence-electron chi connectivity index (χ0n) is 17.8. The van der Waals surface area contributed by atoms with Crippen LogP contribution in [0.4, 0.5) is 5.69 Å². The van der Waals surface area contributed by atoms with Gasteiger partial charge < -0.3 is 19.5 Å². The van der Waals surface area contributed by atoms with Crippen LogP contribution in [-0.4, -0.2) is 25.9 Å². The molecule has 0 bridgehead atoms. The molecule has 3 rings (SSSR count). The Balaban J connectivity index is 1.91. The zero-order valence-corrected chi connectivity index (χ0v) is 20.1. The molecule has 0 aromatic heterocycles. The Kier molecular flexibility index (Phi) is 8.64. The van der Waals surface area contributed by atoms with E-state index in [-0.39, 0.29) is 6.61 Å². The van der Waals surface area contributed by atoms with E-state index in [1.54, 1.807) is 14.2 Å². The first-order valence-corrected chi connectivity index (χ1v) is 11.3. The van der Waals surface area contributed by atoms with Gasteiger partial charge in [0.1, 0.15) is 11.5 Å². The summed E-state index contributed by atoms with van der Waals surface area (Å²) in [6.07, 6.45) is 1.41. The van der Waals surface area contributed by atoms with Gasteiger partial charge in [0, 0.05) is 34.9 Å². The predicted octanol–water partition coefficient (Wildman–Crippen LogP) is 6.25. The van der Waals surface area contributed by atoms with Crippen LogP contribution < -0.4 is 14.4 Å². The summed E-state index contributed by atoms with van der Waals surface area (Å²) in [5, 5.41) is 9.87. The molecule has 4 nitrogen and oxygen atoms in total. The Morgan fingerprint density at radius 3 is 1.81 bits per heavy atom. The van der Waals surface area contributed by atoms with Gasteiger partial charge in [0.2, 0.25) is 0 Å². The van der Waals surface area contributed by atoms with Crippen molar-refractivity contribution in [1.29, 1.82) is 0 Å². The largest absolute Gasteiger partial charge is 0.497 e. The molecule has 0 saturated carbocycles. The number of aliphatic hydroxyl groups is 1. The Morgan fingerprint density at radius 2 is 1.39 bits per heavy atom. The zero-order chi connectivity index (χ0) is 22.2. The van der Waals surface area contributed by atoms with E-state index >= 15 is 0 Å². The van der Waals surface area contributed by atoms with E-state index in [9.17, 15) is 5.11 Å². The number of halogens is 2. The molecule has 31 heavy (non-hydrogen) atoms. The van der Waals surface area contributed by atoms with Crippen molar-refractivity contribution in [2.24, 2.45) is 0 Å². The third-order valence-electron chi connectivity index (χ3n) is 5.14. The molecule has 0 spiro atoms. The average Bonchev–Trinajstić information content (AvgIpc) is 2.79. The van der Waals surface area contributed by atoms with Crippen molar-refractivity contribution < 1.29 is 14.6 Å². The number of aliphatic hydroxyl groups excluding tert-OH is 1. The Hall–Kier alpha value is -2.21. The molecule has 0 amide bonds. The molecule has 0 aliphatic rings. The van der Waals surface area contributed by atoms with E-state index in [4.69, 9.17) is 21.1 Å². The summed E-state index contributed by atoms with van der Waals surface area (Å²) in [6.45, 7) is 1.58. The Labute approximate surface area is 197 Å². The van der Waals surface area contributed by atoms with E-state index in [1.165, 1.54) is 11.1 Å². The maximum Gasteiger partial charge on any atom is 0.118 e. The molecule has 0 atom stereocenters. The van der Waals surface area contributed by atoms with Crippen LogP contribution in [0.2, 0.25) is 5.02 Å². The van der Waals surface area contributed by atoms with Gasteiger partial charge in [0.25, 0.3) is 0 Å². The second-order valence-electron chi connectivity index (χ2n) is 7.27. The fourth-order valence-electron chi connectivity index (χ4n) is 3.41. The number of hydrogen-bond acceptors (Lipinski definition) is 4. The molecular weight excluding hydrogens is 478 g/mol. The van der Waals surface area contributed by atoms with Crippen molar-refractivity contribution in [3.8, 4) is 11.5 Å². The van der Waals surface area contributed by atoms with E-state index in [1.807, 2.05) is 30.3 Å². The van der Waals surface area contributed by atoms with Gasteiger partial charge in [0.05, 0.1) is 14.2 Å². The first-order valence-electron chi connectivity index (χ1n) is 10.1. The lowest BCUT2D eigenvalue weighted by Gasteiger charge is -2.27. The average molecular weight is 505 g/mol. The first-order chi connectivity index (χ1) is 15.0. The van der Waals surface area contributed by atoms with Crippen LogP contribution in [0.25, 0.3) is 0 Å². The fraction of sp³-hybridized carbons (Fsp3) is 0.280. The van der Waals surface area contributed by atoms with Crippen molar-refractivity contribution >= 4 is 33.2 Å². The lowest BCUT2D eigenvalue weighted by atomic mass is 10.1. The molecular formula is C25H27BrClNO3. The second kappa shape index (κ2) is 11.4. The van der Waals surface area contributed by atoms with Crippen LogP contribution in [0.15, 0.2) is 65.1 Å². The number of nitrogens with zero attached hydrogens (tertiary/aromatic N) is 1. The highest BCUT2D eigenvalue weighted by molar-refractivity contribution is 9.10. The number of methoxy groups -OCH3 is 2. The van der Waals surface area contributed by atoms with E-state index in [0.29, 0.717) is 11.4 Å². The molecule has 3 aromatic rings. The van der Waals surface area contributed by atoms with Gasteiger partial charge in [-0.3, -0.25) is 0 Å². The molecule has 0 unspecified atom stereocenters. The van der Waals surface area contributed by atoms with Crippen molar-refractivity contribution in [2.75, 3.05) is 25.7 Å². The minimum absolute atomic E-state index is 0.144. The molecule has 1 N–H and O–H groups in total. The first kappa shape index (κ1) is 23.5. The van der Waals surface area contributed by atoms with Crippen LogP contribution in [-0.2, 0) is 19.5 Å². The molecule has 0 aliphatic heterocycles. The van der Waals surface area contributed by atoms with Crippen LogP contribution in [0.3, 0.4) is 0 Å². The Morgan fingerprint density at radius 1 is 0.871 bits per heavy atom. The van der Waals surface area contributed by atoms with E-state index < -0.39 is 0 Å². The van der Waals surface area contributed by atoms with Crippen LogP contribution in [0.1, 0.15) is 23.1 Å². The highest BCUT2D eigenvalue weighted by Gasteiger charge is 2.14. The monoisotopic (exact) mass is 503 g/mol. The van der Waals surface area contributed by atoms with Crippen molar-refractivity contribution in [3.63, 3.8) is 0 Å². The molecule has 0 heterocycles. The van der Waals surface area contributed by atoms with E-state index in [2.05, 4.69) is 51.2 Å². The molecule has 164 valence electrons. The second-order valence-corrected chi connectivity index (χ2v) is 8.53. The number of benzene rings is 3. The van der Waals surface area contributed by atoms with Gasteiger partial charge in [-0.05, 0) is 65.9 Å². The van der Waals surface area contributed by atoms with Crippen LogP contribution in [0.5, 0.6) is 11.5 Å². The molecule has 0 aliphatic carbocycles. The number of rotatable bonds is 10. The molecule has 3 aromatic carbocycles. The highest BCUT2D eigenvalue weighted by Crippen LogP contribution is 2.33. The fourth-order valence-corrected chi connectivity index (χ4v) is 4.48. The summed E-state index contributed by atoms with van der Waals surface area (Å²) in [7, 11) is 3.34. The van der Waals surface area contributed by atoms with Crippen molar-refractivity contribution in [2.45, 2.75) is 25.9 Å². The smallest absolute Gasteiger partial charge is 0.118 e. The van der Waals surface area contributed by atoms with E-state index in [0.717, 1.165) is 46.7 Å². The number of ether oxygens (including phenoxy) is 2. The third-order valence-corrected chi connectivity index (χ3v) is 6.19. The topological polar surface area (TPSA) is 41.9 Å². The summed E-state index contributed by atoms with van der Waals surface area (Å²) in [5.74, 6) is 1.67. The Bertz CT molecular complexity index is 905.